The van der Waals surface area contributed by atoms with Crippen molar-refractivity contribution < 1.29 is 13.2 Å². The molecule has 6 heteroatoms. The fourth-order valence-corrected chi connectivity index (χ4v) is 5.32. The standard InChI is InChI=1S/C13H24N2O3S/c1-10(2)14-11-5-4-7-15(12(11)16)13(3)6-8-19(17,18)9-13/h10-11,14H,4-9H2,1-3H3. The van der Waals surface area contributed by atoms with Crippen molar-refractivity contribution in [3.05, 3.63) is 0 Å². The first kappa shape index (κ1) is 14.8. The molecule has 2 atom stereocenters. The van der Waals surface area contributed by atoms with Gasteiger partial charge in [0.05, 0.1) is 23.1 Å². The van der Waals surface area contributed by atoms with Crippen molar-refractivity contribution in [1.82, 2.24) is 10.2 Å². The summed E-state index contributed by atoms with van der Waals surface area (Å²) in [5.41, 5.74) is -0.507. The Morgan fingerprint density at radius 2 is 2.11 bits per heavy atom. The first-order valence-corrected chi connectivity index (χ1v) is 8.84. The van der Waals surface area contributed by atoms with Crippen LogP contribution >= 0.6 is 0 Å². The van der Waals surface area contributed by atoms with Crippen LogP contribution in [0.4, 0.5) is 0 Å². The molecule has 2 fully saturated rings. The van der Waals surface area contributed by atoms with E-state index in [-0.39, 0.29) is 29.5 Å². The highest BCUT2D eigenvalue weighted by Crippen LogP contribution is 2.32. The number of amides is 1. The van der Waals surface area contributed by atoms with Crippen LogP contribution in [0.1, 0.15) is 40.0 Å². The van der Waals surface area contributed by atoms with Crippen LogP contribution in [0.3, 0.4) is 0 Å². The summed E-state index contributed by atoms with van der Waals surface area (Å²) in [5.74, 6) is 0.384. The Hall–Kier alpha value is -0.620. The maximum Gasteiger partial charge on any atom is 0.240 e. The average Bonchev–Trinajstić information content (AvgIpc) is 2.56. The second kappa shape index (κ2) is 5.05. The van der Waals surface area contributed by atoms with Gasteiger partial charge in [0.25, 0.3) is 0 Å². The van der Waals surface area contributed by atoms with Gasteiger partial charge in [-0.1, -0.05) is 13.8 Å². The Kier molecular flexibility index (Phi) is 3.93. The zero-order valence-corrected chi connectivity index (χ0v) is 12.8. The first-order chi connectivity index (χ1) is 8.73. The summed E-state index contributed by atoms with van der Waals surface area (Å²) >= 11 is 0. The summed E-state index contributed by atoms with van der Waals surface area (Å²) in [6, 6.07) is 0.0999. The maximum atomic E-state index is 12.5. The van der Waals surface area contributed by atoms with Crippen molar-refractivity contribution in [3.63, 3.8) is 0 Å². The van der Waals surface area contributed by atoms with Crippen molar-refractivity contribution in [3.8, 4) is 0 Å². The number of piperidine rings is 1. The fourth-order valence-electron chi connectivity index (χ4n) is 3.17. The highest BCUT2D eigenvalue weighted by molar-refractivity contribution is 7.91. The molecular weight excluding hydrogens is 264 g/mol. The minimum Gasteiger partial charge on any atom is -0.335 e. The van der Waals surface area contributed by atoms with Gasteiger partial charge in [0.2, 0.25) is 5.91 Å². The maximum absolute atomic E-state index is 12.5. The molecule has 0 radical (unpaired) electrons. The molecule has 2 unspecified atom stereocenters. The number of carbonyl (C=O) groups is 1. The quantitative estimate of drug-likeness (QED) is 0.824. The highest BCUT2D eigenvalue weighted by Gasteiger charge is 2.47. The van der Waals surface area contributed by atoms with Gasteiger partial charge in [-0.3, -0.25) is 4.79 Å². The molecule has 0 aromatic heterocycles. The number of hydrogen-bond acceptors (Lipinski definition) is 4. The summed E-state index contributed by atoms with van der Waals surface area (Å²) in [5, 5.41) is 3.28. The van der Waals surface area contributed by atoms with Gasteiger partial charge in [-0.05, 0) is 26.2 Å². The van der Waals surface area contributed by atoms with E-state index in [4.69, 9.17) is 0 Å². The summed E-state index contributed by atoms with van der Waals surface area (Å²) in [4.78, 5) is 14.3. The van der Waals surface area contributed by atoms with Crippen LogP contribution < -0.4 is 5.32 Å². The largest absolute Gasteiger partial charge is 0.335 e. The Morgan fingerprint density at radius 3 is 2.63 bits per heavy atom. The Balaban J connectivity index is 2.14. The van der Waals surface area contributed by atoms with Crippen LogP contribution in [0.15, 0.2) is 0 Å². The molecule has 0 aliphatic carbocycles. The van der Waals surface area contributed by atoms with E-state index in [1.807, 2.05) is 20.8 Å². The van der Waals surface area contributed by atoms with Crippen LogP contribution in [0.25, 0.3) is 0 Å². The predicted molar refractivity (Wildman–Crippen MR) is 74.7 cm³/mol. The number of nitrogens with zero attached hydrogens (tertiary/aromatic N) is 1. The zero-order valence-electron chi connectivity index (χ0n) is 12.0. The molecular formula is C13H24N2O3S. The van der Waals surface area contributed by atoms with E-state index in [1.165, 1.54) is 0 Å². The van der Waals surface area contributed by atoms with Gasteiger partial charge in [0, 0.05) is 12.6 Å². The molecule has 0 aromatic carbocycles. The molecule has 2 aliphatic heterocycles. The van der Waals surface area contributed by atoms with E-state index >= 15 is 0 Å². The number of hydrogen-bond donors (Lipinski definition) is 1. The van der Waals surface area contributed by atoms with Crippen molar-refractivity contribution in [2.75, 3.05) is 18.1 Å². The summed E-state index contributed by atoms with van der Waals surface area (Å²) in [6.45, 7) is 6.64. The van der Waals surface area contributed by atoms with Gasteiger partial charge in [0.15, 0.2) is 9.84 Å². The van der Waals surface area contributed by atoms with Crippen molar-refractivity contribution in [1.29, 1.82) is 0 Å². The van der Waals surface area contributed by atoms with Gasteiger partial charge < -0.3 is 10.2 Å². The van der Waals surface area contributed by atoms with Crippen LogP contribution in [-0.4, -0.2) is 54.9 Å². The minimum absolute atomic E-state index is 0.0690. The Morgan fingerprint density at radius 1 is 1.42 bits per heavy atom. The predicted octanol–water partition coefficient (Wildman–Crippen LogP) is 0.553. The van der Waals surface area contributed by atoms with Crippen LogP contribution in [0, 0.1) is 0 Å². The monoisotopic (exact) mass is 288 g/mol. The van der Waals surface area contributed by atoms with E-state index < -0.39 is 15.4 Å². The molecule has 2 aliphatic rings. The molecule has 19 heavy (non-hydrogen) atoms. The SMILES string of the molecule is CC(C)NC1CCCN(C2(C)CCS(=O)(=O)C2)C1=O. The number of likely N-dealkylation sites (tertiary alicyclic amines) is 1. The van der Waals surface area contributed by atoms with E-state index in [1.54, 1.807) is 4.90 Å². The van der Waals surface area contributed by atoms with Crippen molar-refractivity contribution >= 4 is 15.7 Å². The minimum atomic E-state index is -2.98. The van der Waals surface area contributed by atoms with E-state index in [0.717, 1.165) is 12.8 Å². The third-order valence-corrected chi connectivity index (χ3v) is 6.00. The lowest BCUT2D eigenvalue weighted by molar-refractivity contribution is -0.141. The second-order valence-corrected chi connectivity index (χ2v) is 8.53. The second-order valence-electron chi connectivity index (χ2n) is 6.35. The van der Waals surface area contributed by atoms with E-state index in [2.05, 4.69) is 5.32 Å². The lowest BCUT2D eigenvalue weighted by Gasteiger charge is -2.43. The fraction of sp³-hybridized carbons (Fsp3) is 0.923. The third-order valence-electron chi connectivity index (χ3n) is 4.11. The third kappa shape index (κ3) is 3.11. The van der Waals surface area contributed by atoms with Gasteiger partial charge in [0.1, 0.15) is 0 Å². The highest BCUT2D eigenvalue weighted by atomic mass is 32.2. The number of sulfone groups is 1. The van der Waals surface area contributed by atoms with Gasteiger partial charge >= 0.3 is 0 Å². The molecule has 110 valence electrons. The molecule has 2 heterocycles. The first-order valence-electron chi connectivity index (χ1n) is 7.01. The molecule has 1 N–H and O–H groups in total. The molecule has 0 saturated carbocycles. The Labute approximate surface area is 115 Å². The van der Waals surface area contributed by atoms with Gasteiger partial charge in [-0.15, -0.1) is 0 Å². The normalized spacial score (nSPS) is 35.1. The Bertz CT molecular complexity index is 461. The van der Waals surface area contributed by atoms with Crippen LogP contribution in [0.5, 0.6) is 0 Å². The molecule has 0 bridgehead atoms. The summed E-state index contributed by atoms with van der Waals surface area (Å²) in [7, 11) is -2.98. The molecule has 0 aromatic rings. The van der Waals surface area contributed by atoms with Crippen molar-refractivity contribution in [2.24, 2.45) is 0 Å². The topological polar surface area (TPSA) is 66.5 Å². The lowest BCUT2D eigenvalue weighted by atomic mass is 9.93. The number of nitrogens with one attached hydrogen (secondary N) is 1. The molecule has 0 spiro atoms. The van der Waals surface area contributed by atoms with Gasteiger partial charge in [-0.2, -0.15) is 0 Å². The van der Waals surface area contributed by atoms with Crippen molar-refractivity contribution in [2.45, 2.75) is 57.7 Å². The average molecular weight is 288 g/mol. The number of rotatable bonds is 3. The van der Waals surface area contributed by atoms with Crippen LogP contribution in [-0.2, 0) is 14.6 Å². The summed E-state index contributed by atoms with van der Waals surface area (Å²) < 4.78 is 23.4. The molecule has 5 nitrogen and oxygen atoms in total. The smallest absolute Gasteiger partial charge is 0.240 e. The van der Waals surface area contributed by atoms with E-state index in [9.17, 15) is 13.2 Å². The van der Waals surface area contributed by atoms with E-state index in [0.29, 0.717) is 13.0 Å². The molecule has 2 rings (SSSR count). The number of carbonyl (C=O) groups excluding carboxylic acids is 1. The summed E-state index contributed by atoms with van der Waals surface area (Å²) in [6.07, 6.45) is 2.34. The molecule has 2 saturated heterocycles. The lowest BCUT2D eigenvalue weighted by Crippen LogP contribution is -2.60. The van der Waals surface area contributed by atoms with Gasteiger partial charge in [-0.25, -0.2) is 8.42 Å². The zero-order chi connectivity index (χ0) is 14.3. The molecule has 1 amide bonds. The van der Waals surface area contributed by atoms with Crippen LogP contribution in [0.2, 0.25) is 0 Å².